The highest BCUT2D eigenvalue weighted by molar-refractivity contribution is 8.06. The maximum absolute atomic E-state index is 8.53. The van der Waals surface area contributed by atoms with Crippen LogP contribution in [0.1, 0.15) is 13.8 Å². The van der Waals surface area contributed by atoms with Gasteiger partial charge in [-0.25, -0.2) is 0 Å². The molecule has 0 aliphatic carbocycles. The summed E-state index contributed by atoms with van der Waals surface area (Å²) in [6, 6.07) is 0. The molecule has 0 saturated carbocycles. The van der Waals surface area contributed by atoms with Crippen LogP contribution in [-0.2, 0) is 21.2 Å². The topological polar surface area (TPSA) is 71.3 Å². The Bertz CT molecular complexity index is 189. The summed E-state index contributed by atoms with van der Waals surface area (Å²) in [5.41, 5.74) is 0. The van der Waals surface area contributed by atoms with Gasteiger partial charge in [-0.1, -0.05) is 0 Å². The smallest absolute Gasteiger partial charge is 0.397 e. The van der Waals surface area contributed by atoms with Gasteiger partial charge in [-0.2, -0.15) is 0 Å². The molecule has 7 heteroatoms. The molecule has 0 aromatic carbocycles. The maximum atomic E-state index is 8.53. The van der Waals surface area contributed by atoms with Crippen molar-refractivity contribution in [3.8, 4) is 0 Å². The van der Waals surface area contributed by atoms with E-state index in [0.717, 1.165) is 0 Å². The maximum Gasteiger partial charge on any atom is 0.397 e. The molecule has 0 bridgehead atoms. The van der Waals surface area contributed by atoms with Crippen LogP contribution in [0.5, 0.6) is 0 Å². The lowest BCUT2D eigenvalue weighted by Crippen LogP contribution is -1.98. The molecule has 0 spiro atoms. The molecule has 0 fully saturated rings. The van der Waals surface area contributed by atoms with Gasteiger partial charge in [0, 0.05) is 18.7 Å². The van der Waals surface area contributed by atoms with E-state index in [0.29, 0.717) is 6.61 Å². The number of rotatable bonds is 3. The van der Waals surface area contributed by atoms with Gasteiger partial charge in [0.1, 0.15) is 0 Å². The Morgan fingerprint density at radius 3 is 2.55 bits per heavy atom. The average Bonchev–Trinajstić information content (AvgIpc) is 1.83. The zero-order chi connectivity index (χ0) is 8.91. The second-order valence-electron chi connectivity index (χ2n) is 1.62. The molecule has 0 aliphatic heterocycles. The predicted octanol–water partition coefficient (Wildman–Crippen LogP) is 0.582. The van der Waals surface area contributed by atoms with Crippen molar-refractivity contribution >= 4 is 24.4 Å². The molecule has 66 valence electrons. The summed E-state index contributed by atoms with van der Waals surface area (Å²) >= 11 is 4.12. The Kier molecular flexibility index (Phi) is 4.60. The van der Waals surface area contributed by atoms with Crippen molar-refractivity contribution in [2.24, 2.45) is 5.16 Å². The second-order valence-corrected chi connectivity index (χ2v) is 4.19. The Morgan fingerprint density at radius 2 is 2.18 bits per heavy atom. The van der Waals surface area contributed by atoms with Gasteiger partial charge in [0.25, 0.3) is 0 Å². The standard InChI is InChI=1S/C4H10NO4PS/c1-3-8-4(2)5-9-10(6,7)11/h3H2,1-2H3,(H2,6,7,11). The number of oxime groups is 1. The highest BCUT2D eigenvalue weighted by atomic mass is 32.5. The summed E-state index contributed by atoms with van der Waals surface area (Å²) in [6.07, 6.45) is 0. The van der Waals surface area contributed by atoms with Crippen LogP contribution in [0, 0.1) is 0 Å². The quantitative estimate of drug-likeness (QED) is 0.301. The van der Waals surface area contributed by atoms with Gasteiger partial charge >= 0.3 is 6.72 Å². The normalized spacial score (nSPS) is 12.9. The van der Waals surface area contributed by atoms with Crippen LogP contribution in [0.15, 0.2) is 5.16 Å². The number of ether oxygens (including phenoxy) is 1. The van der Waals surface area contributed by atoms with E-state index in [1.807, 2.05) is 0 Å². The molecule has 0 rings (SSSR count). The summed E-state index contributed by atoms with van der Waals surface area (Å²) in [5, 5.41) is 3.22. The van der Waals surface area contributed by atoms with Crippen LogP contribution < -0.4 is 0 Å². The third-order valence-electron chi connectivity index (χ3n) is 0.629. The third-order valence-corrected chi connectivity index (χ3v) is 1.12. The molecule has 0 saturated heterocycles. The van der Waals surface area contributed by atoms with Crippen molar-refractivity contribution in [3.63, 3.8) is 0 Å². The predicted molar refractivity (Wildman–Crippen MR) is 44.5 cm³/mol. The van der Waals surface area contributed by atoms with Crippen LogP contribution in [0.4, 0.5) is 0 Å². The number of hydrogen-bond acceptors (Lipinski definition) is 4. The summed E-state index contributed by atoms with van der Waals surface area (Å²) < 4.78 is 8.96. The lowest BCUT2D eigenvalue weighted by molar-refractivity contribution is 0.239. The van der Waals surface area contributed by atoms with Crippen molar-refractivity contribution in [2.45, 2.75) is 13.8 Å². The fraction of sp³-hybridized carbons (Fsp3) is 0.750. The minimum absolute atomic E-state index is 0.213. The fourth-order valence-corrected chi connectivity index (χ4v) is 0.667. The second kappa shape index (κ2) is 4.66. The van der Waals surface area contributed by atoms with E-state index in [2.05, 4.69) is 21.6 Å². The van der Waals surface area contributed by atoms with Crippen molar-refractivity contribution in [1.29, 1.82) is 0 Å². The van der Waals surface area contributed by atoms with Gasteiger partial charge < -0.3 is 19.1 Å². The lowest BCUT2D eigenvalue weighted by atomic mass is 10.7. The molecule has 2 N–H and O–H groups in total. The van der Waals surface area contributed by atoms with Gasteiger partial charge in [-0.3, -0.25) is 0 Å². The van der Waals surface area contributed by atoms with Crippen LogP contribution in [0.2, 0.25) is 0 Å². The molecule has 0 heterocycles. The van der Waals surface area contributed by atoms with E-state index in [-0.39, 0.29) is 5.90 Å². The molecular weight excluding hydrogens is 189 g/mol. The summed E-state index contributed by atoms with van der Waals surface area (Å²) in [6.45, 7) is 0.0586. The van der Waals surface area contributed by atoms with Crippen LogP contribution in [0.3, 0.4) is 0 Å². The Balaban J connectivity index is 3.83. The molecule has 0 aromatic rings. The molecule has 0 aromatic heterocycles. The Hall–Kier alpha value is -0.160. The van der Waals surface area contributed by atoms with E-state index >= 15 is 0 Å². The highest BCUT2D eigenvalue weighted by Gasteiger charge is 2.07. The lowest BCUT2D eigenvalue weighted by Gasteiger charge is -2.04. The molecule has 11 heavy (non-hydrogen) atoms. The summed E-state index contributed by atoms with van der Waals surface area (Å²) in [4.78, 5) is 17.1. The van der Waals surface area contributed by atoms with Crippen molar-refractivity contribution < 1.29 is 19.1 Å². The fourth-order valence-electron chi connectivity index (χ4n) is 0.346. The third kappa shape index (κ3) is 7.74. The first-order chi connectivity index (χ1) is 4.95. The Morgan fingerprint density at radius 1 is 1.64 bits per heavy atom. The summed E-state index contributed by atoms with van der Waals surface area (Å²) in [5.74, 6) is 0.213. The van der Waals surface area contributed by atoms with Gasteiger partial charge in [0.2, 0.25) is 5.90 Å². The SMILES string of the molecule is CCOC(C)=NOP(O)(O)=S. The van der Waals surface area contributed by atoms with Crippen LogP contribution >= 0.6 is 6.72 Å². The van der Waals surface area contributed by atoms with E-state index in [9.17, 15) is 0 Å². The van der Waals surface area contributed by atoms with Gasteiger partial charge in [0.05, 0.1) is 6.61 Å². The molecule has 0 unspecified atom stereocenters. The molecule has 5 nitrogen and oxygen atoms in total. The molecule has 0 amide bonds. The van der Waals surface area contributed by atoms with E-state index in [1.165, 1.54) is 6.92 Å². The zero-order valence-electron chi connectivity index (χ0n) is 6.22. The van der Waals surface area contributed by atoms with E-state index in [4.69, 9.17) is 14.5 Å². The number of hydrogen-bond donors (Lipinski definition) is 2. The minimum atomic E-state index is -3.68. The van der Waals surface area contributed by atoms with Gasteiger partial charge in [-0.15, -0.1) is 0 Å². The first-order valence-electron chi connectivity index (χ1n) is 2.87. The first kappa shape index (κ1) is 10.8. The van der Waals surface area contributed by atoms with Crippen molar-refractivity contribution in [3.05, 3.63) is 0 Å². The molecular formula is C4H10NO4PS. The van der Waals surface area contributed by atoms with Crippen LogP contribution in [0.25, 0.3) is 0 Å². The van der Waals surface area contributed by atoms with Crippen molar-refractivity contribution in [1.82, 2.24) is 0 Å². The first-order valence-corrected chi connectivity index (χ1v) is 5.50. The molecule has 0 aliphatic rings. The molecule has 0 radical (unpaired) electrons. The summed E-state index contributed by atoms with van der Waals surface area (Å²) in [7, 11) is 0. The van der Waals surface area contributed by atoms with Crippen molar-refractivity contribution in [2.75, 3.05) is 6.61 Å². The zero-order valence-corrected chi connectivity index (χ0v) is 7.93. The van der Waals surface area contributed by atoms with Gasteiger partial charge in [0.15, 0.2) is 0 Å². The largest absolute Gasteiger partial charge is 0.479 e. The highest BCUT2D eigenvalue weighted by Crippen LogP contribution is 2.36. The van der Waals surface area contributed by atoms with E-state index in [1.54, 1.807) is 6.92 Å². The molecule has 0 atom stereocenters. The minimum Gasteiger partial charge on any atom is -0.479 e. The monoisotopic (exact) mass is 199 g/mol. The Labute approximate surface area is 69.9 Å². The van der Waals surface area contributed by atoms with Crippen LogP contribution in [-0.4, -0.2) is 22.3 Å². The van der Waals surface area contributed by atoms with E-state index < -0.39 is 6.72 Å². The number of nitrogens with zero attached hydrogens (tertiary/aromatic N) is 1. The average molecular weight is 199 g/mol. The van der Waals surface area contributed by atoms with Gasteiger partial charge in [-0.05, 0) is 12.1 Å².